The smallest absolute Gasteiger partial charge is 0.149 e. The number of benzene rings is 1. The first-order valence-electron chi connectivity index (χ1n) is 5.23. The summed E-state index contributed by atoms with van der Waals surface area (Å²) in [4.78, 5) is 0. The van der Waals surface area contributed by atoms with Gasteiger partial charge < -0.3 is 5.73 Å². The van der Waals surface area contributed by atoms with Gasteiger partial charge in [-0.25, -0.2) is 0 Å². The number of nitrogens with zero attached hydrogens (tertiary/aromatic N) is 1. The summed E-state index contributed by atoms with van der Waals surface area (Å²) < 4.78 is 1.09. The average molecular weight is 280 g/mol. The third-order valence-corrected chi connectivity index (χ3v) is 3.77. The number of nitrogens with one attached hydrogen (secondary N) is 1. The highest BCUT2D eigenvalue weighted by Gasteiger charge is 2.13. The van der Waals surface area contributed by atoms with Crippen LogP contribution in [0.4, 0.5) is 5.82 Å². The van der Waals surface area contributed by atoms with Gasteiger partial charge >= 0.3 is 0 Å². The fraction of sp³-hybridized carbons (Fsp3) is 0.250. The molecular formula is C12H14BrN3. The van der Waals surface area contributed by atoms with E-state index in [4.69, 9.17) is 5.73 Å². The molecular weight excluding hydrogens is 266 g/mol. The van der Waals surface area contributed by atoms with E-state index in [0.29, 0.717) is 5.82 Å². The van der Waals surface area contributed by atoms with Crippen LogP contribution in [0, 0.1) is 6.92 Å². The molecule has 1 aromatic carbocycles. The molecule has 0 atom stereocenters. The Bertz CT molecular complexity index is 517. The van der Waals surface area contributed by atoms with Crippen LogP contribution in [0.2, 0.25) is 0 Å². The third-order valence-electron chi connectivity index (χ3n) is 2.71. The molecule has 0 saturated heterocycles. The van der Waals surface area contributed by atoms with Gasteiger partial charge in [0.25, 0.3) is 0 Å². The highest BCUT2D eigenvalue weighted by molar-refractivity contribution is 9.10. The number of anilines is 1. The van der Waals surface area contributed by atoms with Gasteiger partial charge in [-0.2, -0.15) is 5.10 Å². The first-order valence-corrected chi connectivity index (χ1v) is 6.02. The molecule has 16 heavy (non-hydrogen) atoms. The lowest BCUT2D eigenvalue weighted by molar-refractivity contribution is 1.10. The highest BCUT2D eigenvalue weighted by Crippen LogP contribution is 2.33. The number of aromatic nitrogens is 2. The zero-order valence-corrected chi connectivity index (χ0v) is 10.9. The molecule has 1 heterocycles. The molecule has 0 fully saturated rings. The lowest BCUT2D eigenvalue weighted by atomic mass is 10.0. The molecule has 2 rings (SSSR count). The molecule has 84 valence electrons. The summed E-state index contributed by atoms with van der Waals surface area (Å²) >= 11 is 3.60. The van der Waals surface area contributed by atoms with Crippen molar-refractivity contribution in [2.45, 2.75) is 20.3 Å². The van der Waals surface area contributed by atoms with Crippen LogP contribution in [-0.4, -0.2) is 10.2 Å². The SMILES string of the molecule is CCc1c(N)n[nH]c1-c1cccc(C)c1Br. The molecule has 0 aliphatic heterocycles. The third kappa shape index (κ3) is 1.73. The van der Waals surface area contributed by atoms with Crippen molar-refractivity contribution in [3.8, 4) is 11.3 Å². The van der Waals surface area contributed by atoms with Crippen LogP contribution < -0.4 is 5.73 Å². The molecule has 4 heteroatoms. The van der Waals surface area contributed by atoms with E-state index in [2.05, 4.69) is 52.1 Å². The zero-order chi connectivity index (χ0) is 11.7. The molecule has 3 N–H and O–H groups in total. The maximum absolute atomic E-state index is 5.82. The minimum atomic E-state index is 0.589. The average Bonchev–Trinajstić information content (AvgIpc) is 2.63. The number of hydrogen-bond donors (Lipinski definition) is 2. The zero-order valence-electron chi connectivity index (χ0n) is 9.34. The fourth-order valence-electron chi connectivity index (χ4n) is 1.80. The second kappa shape index (κ2) is 4.29. The first kappa shape index (κ1) is 11.2. The molecule has 2 aromatic rings. The van der Waals surface area contributed by atoms with Gasteiger partial charge in [-0.05, 0) is 34.8 Å². The predicted molar refractivity (Wildman–Crippen MR) is 70.3 cm³/mol. The summed E-state index contributed by atoms with van der Waals surface area (Å²) in [6, 6.07) is 6.16. The number of aryl methyl sites for hydroxylation is 1. The Morgan fingerprint density at radius 2 is 2.19 bits per heavy atom. The molecule has 0 radical (unpaired) electrons. The number of hydrogen-bond acceptors (Lipinski definition) is 2. The number of halogens is 1. The number of H-pyrrole nitrogens is 1. The maximum Gasteiger partial charge on any atom is 0.149 e. The van der Waals surface area contributed by atoms with Crippen molar-refractivity contribution in [3.63, 3.8) is 0 Å². The lowest BCUT2D eigenvalue weighted by Gasteiger charge is -2.06. The van der Waals surface area contributed by atoms with Crippen molar-refractivity contribution >= 4 is 21.7 Å². The van der Waals surface area contributed by atoms with Crippen molar-refractivity contribution in [3.05, 3.63) is 33.8 Å². The van der Waals surface area contributed by atoms with E-state index >= 15 is 0 Å². The van der Waals surface area contributed by atoms with Crippen molar-refractivity contribution in [1.82, 2.24) is 10.2 Å². The Kier molecular flexibility index (Phi) is 3.01. The Labute approximate surface area is 103 Å². The van der Waals surface area contributed by atoms with Gasteiger partial charge in [0.1, 0.15) is 5.82 Å². The van der Waals surface area contributed by atoms with Crippen LogP contribution in [0.5, 0.6) is 0 Å². The molecule has 0 bridgehead atoms. The molecule has 3 nitrogen and oxygen atoms in total. The van der Waals surface area contributed by atoms with Crippen LogP contribution in [0.15, 0.2) is 22.7 Å². The monoisotopic (exact) mass is 279 g/mol. The summed E-state index contributed by atoms with van der Waals surface area (Å²) in [5.74, 6) is 0.589. The minimum Gasteiger partial charge on any atom is -0.382 e. The number of nitrogen functional groups attached to an aromatic ring is 1. The molecule has 0 unspecified atom stereocenters. The number of rotatable bonds is 2. The molecule has 0 aliphatic carbocycles. The van der Waals surface area contributed by atoms with Gasteiger partial charge in [0.15, 0.2) is 0 Å². The van der Waals surface area contributed by atoms with Gasteiger partial charge in [0.2, 0.25) is 0 Å². The molecule has 0 spiro atoms. The van der Waals surface area contributed by atoms with Gasteiger partial charge in [-0.15, -0.1) is 0 Å². The Morgan fingerprint density at radius 3 is 2.88 bits per heavy atom. The first-order chi connectivity index (χ1) is 7.65. The van der Waals surface area contributed by atoms with E-state index in [1.807, 2.05) is 6.07 Å². The lowest BCUT2D eigenvalue weighted by Crippen LogP contribution is -1.91. The van der Waals surface area contributed by atoms with E-state index in [0.717, 1.165) is 27.7 Å². The van der Waals surface area contributed by atoms with Crippen LogP contribution in [0.3, 0.4) is 0 Å². The van der Waals surface area contributed by atoms with Crippen molar-refractivity contribution in [2.75, 3.05) is 5.73 Å². The van der Waals surface area contributed by atoms with Gasteiger partial charge in [-0.1, -0.05) is 25.1 Å². The predicted octanol–water partition coefficient (Wildman–Crippen LogP) is 3.29. The van der Waals surface area contributed by atoms with Gasteiger partial charge in [0, 0.05) is 15.6 Å². The van der Waals surface area contributed by atoms with E-state index < -0.39 is 0 Å². The largest absolute Gasteiger partial charge is 0.382 e. The summed E-state index contributed by atoms with van der Waals surface area (Å²) in [5.41, 5.74) is 10.2. The van der Waals surface area contributed by atoms with Crippen molar-refractivity contribution < 1.29 is 0 Å². The minimum absolute atomic E-state index is 0.589. The Morgan fingerprint density at radius 1 is 1.44 bits per heavy atom. The molecule has 0 aliphatic rings. The van der Waals surface area contributed by atoms with Gasteiger partial charge in [0.05, 0.1) is 5.69 Å². The summed E-state index contributed by atoms with van der Waals surface area (Å²) in [5, 5.41) is 7.07. The quantitative estimate of drug-likeness (QED) is 0.886. The second-order valence-corrected chi connectivity index (χ2v) is 4.55. The summed E-state index contributed by atoms with van der Waals surface area (Å²) in [6.45, 7) is 4.15. The number of aromatic amines is 1. The van der Waals surface area contributed by atoms with Crippen LogP contribution in [-0.2, 0) is 6.42 Å². The molecule has 0 saturated carbocycles. The van der Waals surface area contributed by atoms with E-state index in [9.17, 15) is 0 Å². The van der Waals surface area contributed by atoms with Gasteiger partial charge in [-0.3, -0.25) is 5.10 Å². The van der Waals surface area contributed by atoms with E-state index in [1.54, 1.807) is 0 Å². The van der Waals surface area contributed by atoms with Crippen LogP contribution in [0.25, 0.3) is 11.3 Å². The molecule has 0 amide bonds. The van der Waals surface area contributed by atoms with E-state index in [1.165, 1.54) is 5.56 Å². The topological polar surface area (TPSA) is 54.7 Å². The standard InChI is InChI=1S/C12H14BrN3/c1-3-8-11(15-16-12(8)14)9-6-4-5-7(2)10(9)13/h4-6H,3H2,1-2H3,(H3,14,15,16). The fourth-order valence-corrected chi connectivity index (χ4v) is 2.26. The van der Waals surface area contributed by atoms with E-state index in [-0.39, 0.29) is 0 Å². The number of nitrogens with two attached hydrogens (primary N) is 1. The Hall–Kier alpha value is -1.29. The maximum atomic E-state index is 5.82. The molecule has 1 aromatic heterocycles. The van der Waals surface area contributed by atoms with Crippen LogP contribution >= 0.6 is 15.9 Å². The summed E-state index contributed by atoms with van der Waals surface area (Å²) in [6.07, 6.45) is 0.873. The van der Waals surface area contributed by atoms with Crippen LogP contribution in [0.1, 0.15) is 18.1 Å². The van der Waals surface area contributed by atoms with Crippen molar-refractivity contribution in [1.29, 1.82) is 0 Å². The normalized spacial score (nSPS) is 10.7. The summed E-state index contributed by atoms with van der Waals surface area (Å²) in [7, 11) is 0. The highest BCUT2D eigenvalue weighted by atomic mass is 79.9. The second-order valence-electron chi connectivity index (χ2n) is 3.75. The Balaban J connectivity index is 2.63. The van der Waals surface area contributed by atoms with Crippen molar-refractivity contribution in [2.24, 2.45) is 0 Å².